The first-order chi connectivity index (χ1) is 10.3. The maximum atomic E-state index is 9.95. The van der Waals surface area contributed by atoms with E-state index < -0.39 is 0 Å². The van der Waals surface area contributed by atoms with Crippen LogP contribution in [0.25, 0.3) is 21.0 Å². The Balaban J connectivity index is 1.82. The molecule has 0 spiro atoms. The monoisotopic (exact) mass is 309 g/mol. The lowest BCUT2D eigenvalue weighted by Gasteiger charge is -2.05. The van der Waals surface area contributed by atoms with Crippen LogP contribution in [-0.2, 0) is 0 Å². The van der Waals surface area contributed by atoms with Crippen LogP contribution in [0.3, 0.4) is 0 Å². The van der Waals surface area contributed by atoms with Gasteiger partial charge in [0.25, 0.3) is 0 Å². The number of aromatic nitrogens is 1. The van der Waals surface area contributed by atoms with Crippen molar-refractivity contribution in [2.45, 2.75) is 9.24 Å². The summed E-state index contributed by atoms with van der Waals surface area (Å²) in [4.78, 5) is 5.77. The minimum absolute atomic E-state index is 0.319. The molecule has 0 aliphatic carbocycles. The Labute approximate surface area is 130 Å². The Kier molecular flexibility index (Phi) is 3.05. The maximum Gasteiger partial charge on any atom is 0.155 e. The van der Waals surface area contributed by atoms with Crippen molar-refractivity contribution in [3.63, 3.8) is 0 Å². The number of fused-ring (bicyclic) bond motifs is 2. The number of hydrogen-bond donors (Lipinski definition) is 1. The first-order valence-corrected chi connectivity index (χ1v) is 8.19. The molecule has 0 fully saturated rings. The van der Waals surface area contributed by atoms with Gasteiger partial charge in [-0.2, -0.15) is 0 Å². The molecule has 0 aliphatic heterocycles. The van der Waals surface area contributed by atoms with Crippen molar-refractivity contribution in [3.8, 4) is 5.75 Å². The van der Waals surface area contributed by atoms with Crippen LogP contribution in [0.15, 0.2) is 69.9 Å². The zero-order valence-electron chi connectivity index (χ0n) is 11.0. The molecule has 0 aliphatic rings. The number of rotatable bonds is 2. The van der Waals surface area contributed by atoms with Gasteiger partial charge < -0.3 is 5.11 Å². The Morgan fingerprint density at radius 1 is 0.857 bits per heavy atom. The molecule has 1 aromatic heterocycles. The molecule has 102 valence electrons. The molecule has 4 heteroatoms. The minimum Gasteiger partial charge on any atom is -0.507 e. The lowest BCUT2D eigenvalue weighted by molar-refractivity contribution is 0.481. The van der Waals surface area contributed by atoms with Crippen LogP contribution >= 0.6 is 23.1 Å². The number of nitrogens with zero attached hydrogens (tertiary/aromatic N) is 1. The van der Waals surface area contributed by atoms with Gasteiger partial charge in [-0.15, -0.1) is 11.3 Å². The van der Waals surface area contributed by atoms with E-state index in [0.29, 0.717) is 5.75 Å². The van der Waals surface area contributed by atoms with E-state index in [9.17, 15) is 5.11 Å². The average molecular weight is 309 g/mol. The molecule has 0 saturated heterocycles. The SMILES string of the molecule is Oc1ccc(Sc2nc3ccccc3s2)c2ccccc12. The molecule has 0 amide bonds. The molecule has 21 heavy (non-hydrogen) atoms. The summed E-state index contributed by atoms with van der Waals surface area (Å²) in [6.45, 7) is 0. The van der Waals surface area contributed by atoms with E-state index in [1.807, 2.05) is 48.5 Å². The summed E-state index contributed by atoms with van der Waals surface area (Å²) in [6.07, 6.45) is 0. The second-order valence-corrected chi connectivity index (χ2v) is 7.00. The average Bonchev–Trinajstić information content (AvgIpc) is 2.93. The van der Waals surface area contributed by atoms with Gasteiger partial charge in [-0.3, -0.25) is 0 Å². The molecule has 0 saturated carbocycles. The van der Waals surface area contributed by atoms with Crippen LogP contribution in [0, 0.1) is 0 Å². The number of phenols is 1. The fraction of sp³-hybridized carbons (Fsp3) is 0. The number of para-hydroxylation sites is 1. The van der Waals surface area contributed by atoms with Crippen LogP contribution in [0.5, 0.6) is 5.75 Å². The zero-order valence-corrected chi connectivity index (χ0v) is 12.6. The van der Waals surface area contributed by atoms with E-state index in [-0.39, 0.29) is 0 Å². The fourth-order valence-corrected chi connectivity index (χ4v) is 4.49. The third-order valence-corrected chi connectivity index (χ3v) is 5.51. The molecule has 4 rings (SSSR count). The van der Waals surface area contributed by atoms with Crippen molar-refractivity contribution in [1.29, 1.82) is 0 Å². The Morgan fingerprint density at radius 2 is 1.62 bits per heavy atom. The van der Waals surface area contributed by atoms with E-state index in [2.05, 4.69) is 11.1 Å². The largest absolute Gasteiger partial charge is 0.507 e. The van der Waals surface area contributed by atoms with Crippen molar-refractivity contribution < 1.29 is 5.11 Å². The Morgan fingerprint density at radius 3 is 2.48 bits per heavy atom. The number of aromatic hydroxyl groups is 1. The molecule has 1 N–H and O–H groups in total. The van der Waals surface area contributed by atoms with Gasteiger partial charge in [0.1, 0.15) is 5.75 Å². The fourth-order valence-electron chi connectivity index (χ4n) is 2.33. The first-order valence-electron chi connectivity index (χ1n) is 6.55. The number of thiazole rings is 1. The van der Waals surface area contributed by atoms with E-state index in [1.54, 1.807) is 29.2 Å². The Hall–Kier alpha value is -2.04. The summed E-state index contributed by atoms with van der Waals surface area (Å²) < 4.78 is 2.22. The van der Waals surface area contributed by atoms with Gasteiger partial charge in [-0.25, -0.2) is 4.98 Å². The summed E-state index contributed by atoms with van der Waals surface area (Å²) in [7, 11) is 0. The Bertz CT molecular complexity index is 913. The van der Waals surface area contributed by atoms with E-state index in [0.717, 1.165) is 25.5 Å². The van der Waals surface area contributed by atoms with Gasteiger partial charge in [-0.1, -0.05) is 48.2 Å². The highest BCUT2D eigenvalue weighted by Crippen LogP contribution is 2.39. The molecule has 0 bridgehead atoms. The molecule has 0 atom stereocenters. The third-order valence-electron chi connectivity index (χ3n) is 3.33. The smallest absolute Gasteiger partial charge is 0.155 e. The van der Waals surface area contributed by atoms with Crippen LogP contribution in [0.4, 0.5) is 0 Å². The molecule has 0 unspecified atom stereocenters. The van der Waals surface area contributed by atoms with Crippen molar-refractivity contribution in [3.05, 3.63) is 60.7 Å². The highest BCUT2D eigenvalue weighted by atomic mass is 32.2. The molecule has 3 aromatic carbocycles. The van der Waals surface area contributed by atoms with Gasteiger partial charge in [0.05, 0.1) is 10.2 Å². The maximum absolute atomic E-state index is 9.95. The van der Waals surface area contributed by atoms with Crippen LogP contribution in [0.1, 0.15) is 0 Å². The van der Waals surface area contributed by atoms with Crippen molar-refractivity contribution in [2.24, 2.45) is 0 Å². The van der Waals surface area contributed by atoms with E-state index in [1.165, 1.54) is 4.70 Å². The molecular formula is C17H11NOS2. The summed E-state index contributed by atoms with van der Waals surface area (Å²) in [6, 6.07) is 19.8. The lowest BCUT2D eigenvalue weighted by Crippen LogP contribution is -1.79. The van der Waals surface area contributed by atoms with Gasteiger partial charge in [-0.05, 0) is 29.7 Å². The molecular weight excluding hydrogens is 298 g/mol. The molecule has 2 nitrogen and oxygen atoms in total. The van der Waals surface area contributed by atoms with Gasteiger partial charge >= 0.3 is 0 Å². The number of phenolic OH excluding ortho intramolecular Hbond substituents is 1. The predicted octanol–water partition coefficient (Wildman–Crippen LogP) is 5.31. The highest BCUT2D eigenvalue weighted by Gasteiger charge is 2.09. The number of benzene rings is 3. The van der Waals surface area contributed by atoms with Crippen molar-refractivity contribution in [1.82, 2.24) is 4.98 Å². The topological polar surface area (TPSA) is 33.1 Å². The van der Waals surface area contributed by atoms with Crippen molar-refractivity contribution in [2.75, 3.05) is 0 Å². The quantitative estimate of drug-likeness (QED) is 0.545. The lowest BCUT2D eigenvalue weighted by atomic mass is 10.1. The second kappa shape index (κ2) is 5.06. The van der Waals surface area contributed by atoms with E-state index in [4.69, 9.17) is 0 Å². The molecule has 1 heterocycles. The third kappa shape index (κ3) is 2.26. The predicted molar refractivity (Wildman–Crippen MR) is 89.4 cm³/mol. The molecule has 0 radical (unpaired) electrons. The van der Waals surface area contributed by atoms with Gasteiger partial charge in [0.15, 0.2) is 4.34 Å². The first kappa shape index (κ1) is 12.7. The molecule has 4 aromatic rings. The highest BCUT2D eigenvalue weighted by molar-refractivity contribution is 8.01. The second-order valence-electron chi connectivity index (χ2n) is 4.68. The van der Waals surface area contributed by atoms with Crippen LogP contribution in [0.2, 0.25) is 0 Å². The standard InChI is InChI=1S/C17H11NOS2/c19-14-9-10-15(12-6-2-1-5-11(12)14)20-17-18-13-7-3-4-8-16(13)21-17/h1-10,19H. The number of hydrogen-bond acceptors (Lipinski definition) is 4. The normalized spacial score (nSPS) is 11.2. The van der Waals surface area contributed by atoms with Crippen LogP contribution in [-0.4, -0.2) is 10.1 Å². The van der Waals surface area contributed by atoms with Crippen molar-refractivity contribution >= 4 is 44.1 Å². The van der Waals surface area contributed by atoms with E-state index >= 15 is 0 Å². The summed E-state index contributed by atoms with van der Waals surface area (Å²) in [5.41, 5.74) is 1.04. The van der Waals surface area contributed by atoms with Crippen LogP contribution < -0.4 is 0 Å². The minimum atomic E-state index is 0.319. The summed E-state index contributed by atoms with van der Waals surface area (Å²) in [5, 5.41) is 11.9. The zero-order chi connectivity index (χ0) is 14.2. The summed E-state index contributed by atoms with van der Waals surface area (Å²) >= 11 is 3.34. The summed E-state index contributed by atoms with van der Waals surface area (Å²) in [5.74, 6) is 0.319. The van der Waals surface area contributed by atoms with Gasteiger partial charge in [0, 0.05) is 10.3 Å². The van der Waals surface area contributed by atoms with Gasteiger partial charge in [0.2, 0.25) is 0 Å².